The molecule has 0 aromatic heterocycles. The summed E-state index contributed by atoms with van der Waals surface area (Å²) >= 11 is 2.62. The first-order valence-electron chi connectivity index (χ1n) is 1.29. The first-order chi connectivity index (χ1) is 2.56. The molecule has 0 radical (unpaired) electrons. The molecule has 6 N–H and O–H groups in total. The van der Waals surface area contributed by atoms with Crippen LogP contribution in [0.2, 0.25) is 0 Å². The lowest BCUT2D eigenvalue weighted by atomic mass is 10.7. The fourth-order valence-corrected chi connectivity index (χ4v) is 0. The van der Waals surface area contributed by atoms with E-state index in [2.05, 4.69) is 15.9 Å². The van der Waals surface area contributed by atoms with Gasteiger partial charge < -0.3 is 21.5 Å². The van der Waals surface area contributed by atoms with Gasteiger partial charge in [0.25, 0.3) is 5.97 Å². The summed E-state index contributed by atoms with van der Waals surface area (Å²) in [6.07, 6.45) is 0. The van der Waals surface area contributed by atoms with Crippen molar-refractivity contribution in [1.82, 2.24) is 6.15 Å². The minimum atomic E-state index is -2.54. The summed E-state index contributed by atoms with van der Waals surface area (Å²) in [5.41, 5.74) is 0. The summed E-state index contributed by atoms with van der Waals surface area (Å²) in [7, 11) is 0. The van der Waals surface area contributed by atoms with Gasteiger partial charge in [-0.05, 0) is 0 Å². The molecule has 0 fully saturated rings. The number of halogens is 1. The standard InChI is InChI=1S/C2H5BrO3.H3N/c3-1-2(4,5)6;/h4-6H,1H2;1H3. The number of hydrogen-bond donors (Lipinski definition) is 4. The molecule has 0 unspecified atom stereocenters. The minimum absolute atomic E-state index is 0. The van der Waals surface area contributed by atoms with Crippen LogP contribution in [0.25, 0.3) is 0 Å². The highest BCUT2D eigenvalue weighted by molar-refractivity contribution is 9.09. The van der Waals surface area contributed by atoms with Crippen LogP contribution in [0.5, 0.6) is 0 Å². The molecule has 0 aliphatic carbocycles. The molecule has 0 aromatic carbocycles. The Labute approximate surface area is 49.5 Å². The molecule has 7 heavy (non-hydrogen) atoms. The highest BCUT2D eigenvalue weighted by Crippen LogP contribution is 1.95. The Kier molecular flexibility index (Phi) is 4.93. The van der Waals surface area contributed by atoms with Gasteiger partial charge in [-0.15, -0.1) is 0 Å². The molecule has 0 amide bonds. The quantitative estimate of drug-likeness (QED) is 0.308. The van der Waals surface area contributed by atoms with Crippen molar-refractivity contribution in [3.8, 4) is 0 Å². The van der Waals surface area contributed by atoms with E-state index < -0.39 is 5.97 Å². The van der Waals surface area contributed by atoms with E-state index >= 15 is 0 Å². The van der Waals surface area contributed by atoms with Gasteiger partial charge in [-0.3, -0.25) is 0 Å². The van der Waals surface area contributed by atoms with Crippen LogP contribution in [0.1, 0.15) is 0 Å². The lowest BCUT2D eigenvalue weighted by molar-refractivity contribution is -0.292. The average molecular weight is 174 g/mol. The number of rotatable bonds is 1. The van der Waals surface area contributed by atoms with Crippen molar-refractivity contribution in [3.63, 3.8) is 0 Å². The van der Waals surface area contributed by atoms with E-state index in [0.717, 1.165) is 0 Å². The first-order valence-corrected chi connectivity index (χ1v) is 2.41. The second-order valence-electron chi connectivity index (χ2n) is 0.908. The zero-order chi connectivity index (χ0) is 5.21. The summed E-state index contributed by atoms with van der Waals surface area (Å²) in [6.45, 7) is 0. The Morgan fingerprint density at radius 3 is 1.43 bits per heavy atom. The Hall–Kier alpha value is 0.320. The largest absolute Gasteiger partial charge is 0.344 e. The lowest BCUT2D eigenvalue weighted by Crippen LogP contribution is -2.28. The van der Waals surface area contributed by atoms with Crippen molar-refractivity contribution >= 4 is 15.9 Å². The SMILES string of the molecule is N.OC(O)(O)CBr. The van der Waals surface area contributed by atoms with E-state index in [1.807, 2.05) is 0 Å². The van der Waals surface area contributed by atoms with Crippen molar-refractivity contribution in [1.29, 1.82) is 0 Å². The van der Waals surface area contributed by atoms with Crippen LogP contribution in [0.15, 0.2) is 0 Å². The molecule has 0 atom stereocenters. The van der Waals surface area contributed by atoms with Gasteiger partial charge in [0.2, 0.25) is 0 Å². The van der Waals surface area contributed by atoms with E-state index in [0.29, 0.717) is 0 Å². The molecule has 0 spiro atoms. The summed E-state index contributed by atoms with van der Waals surface area (Å²) in [6, 6.07) is 0. The Bertz CT molecular complexity index is 42.7. The van der Waals surface area contributed by atoms with Crippen molar-refractivity contribution in [2.24, 2.45) is 0 Å². The van der Waals surface area contributed by atoms with E-state index in [-0.39, 0.29) is 11.5 Å². The summed E-state index contributed by atoms with van der Waals surface area (Å²) in [4.78, 5) is 0. The first kappa shape index (κ1) is 10.3. The maximum atomic E-state index is 7.89. The molecule has 0 aliphatic rings. The molecule has 0 rings (SSSR count). The number of hydrogen-bond acceptors (Lipinski definition) is 4. The molecular formula is C2H8BrNO3. The van der Waals surface area contributed by atoms with Gasteiger partial charge in [0.15, 0.2) is 0 Å². The average Bonchev–Trinajstić information content (AvgIpc) is 1.35. The number of alkyl halides is 1. The van der Waals surface area contributed by atoms with Crippen LogP contribution in [-0.4, -0.2) is 26.6 Å². The molecule has 0 aromatic rings. The highest BCUT2D eigenvalue weighted by atomic mass is 79.9. The molecule has 5 heteroatoms. The van der Waals surface area contributed by atoms with Gasteiger partial charge >= 0.3 is 0 Å². The topological polar surface area (TPSA) is 95.7 Å². The van der Waals surface area contributed by atoms with Crippen molar-refractivity contribution in [2.45, 2.75) is 5.97 Å². The van der Waals surface area contributed by atoms with Crippen molar-refractivity contribution in [2.75, 3.05) is 5.33 Å². The van der Waals surface area contributed by atoms with Crippen molar-refractivity contribution in [3.05, 3.63) is 0 Å². The molecule has 0 aliphatic heterocycles. The highest BCUT2D eigenvalue weighted by Gasteiger charge is 2.13. The van der Waals surface area contributed by atoms with E-state index in [9.17, 15) is 0 Å². The van der Waals surface area contributed by atoms with Gasteiger partial charge in [-0.2, -0.15) is 0 Å². The van der Waals surface area contributed by atoms with Gasteiger partial charge in [0.1, 0.15) is 0 Å². The molecule has 4 nitrogen and oxygen atoms in total. The van der Waals surface area contributed by atoms with E-state index in [1.54, 1.807) is 0 Å². The maximum Gasteiger partial charge on any atom is 0.285 e. The molecule has 0 saturated carbocycles. The number of aliphatic hydroxyl groups is 3. The predicted octanol–water partition coefficient (Wildman–Crippen LogP) is -0.826. The Morgan fingerprint density at radius 2 is 1.43 bits per heavy atom. The maximum absolute atomic E-state index is 7.89. The summed E-state index contributed by atoms with van der Waals surface area (Å²) in [5, 5.41) is 23.4. The second kappa shape index (κ2) is 3.34. The summed E-state index contributed by atoms with van der Waals surface area (Å²) in [5.74, 6) is -2.54. The van der Waals surface area contributed by atoms with Crippen LogP contribution in [-0.2, 0) is 0 Å². The monoisotopic (exact) mass is 173 g/mol. The Balaban J connectivity index is 0. The zero-order valence-corrected chi connectivity index (χ0v) is 5.22. The van der Waals surface area contributed by atoms with Gasteiger partial charge in [0, 0.05) is 0 Å². The normalized spacial score (nSPS) is 10.3. The molecular weight excluding hydrogens is 166 g/mol. The molecule has 46 valence electrons. The van der Waals surface area contributed by atoms with Gasteiger partial charge in [0.05, 0.1) is 5.33 Å². The zero-order valence-electron chi connectivity index (χ0n) is 3.63. The third-order valence-electron chi connectivity index (χ3n) is 0.179. The van der Waals surface area contributed by atoms with Crippen LogP contribution in [0.3, 0.4) is 0 Å². The summed E-state index contributed by atoms with van der Waals surface area (Å²) < 4.78 is 0. The van der Waals surface area contributed by atoms with Crippen LogP contribution in [0, 0.1) is 0 Å². The predicted molar refractivity (Wildman–Crippen MR) is 28.2 cm³/mol. The molecule has 0 saturated heterocycles. The molecule has 0 bridgehead atoms. The lowest BCUT2D eigenvalue weighted by Gasteiger charge is -2.06. The van der Waals surface area contributed by atoms with Gasteiger partial charge in [-0.1, -0.05) is 15.9 Å². The molecule has 0 heterocycles. The minimum Gasteiger partial charge on any atom is -0.344 e. The van der Waals surface area contributed by atoms with Crippen LogP contribution < -0.4 is 6.15 Å². The van der Waals surface area contributed by atoms with E-state index in [1.165, 1.54) is 0 Å². The fourth-order valence-electron chi connectivity index (χ4n) is 0. The third kappa shape index (κ3) is 10.7. The fraction of sp³-hybridized carbons (Fsp3) is 1.00. The second-order valence-corrected chi connectivity index (χ2v) is 1.47. The Morgan fingerprint density at radius 1 is 1.29 bits per heavy atom. The van der Waals surface area contributed by atoms with Crippen LogP contribution in [0.4, 0.5) is 0 Å². The van der Waals surface area contributed by atoms with Crippen LogP contribution >= 0.6 is 15.9 Å². The smallest absolute Gasteiger partial charge is 0.285 e. The van der Waals surface area contributed by atoms with Crippen molar-refractivity contribution < 1.29 is 15.3 Å². The van der Waals surface area contributed by atoms with E-state index in [4.69, 9.17) is 15.3 Å². The van der Waals surface area contributed by atoms with Gasteiger partial charge in [-0.25, -0.2) is 0 Å². The third-order valence-corrected chi connectivity index (χ3v) is 0.932.